The maximum absolute atomic E-state index is 11.2. The van der Waals surface area contributed by atoms with Crippen LogP contribution in [0.2, 0.25) is 0 Å². The fourth-order valence-electron chi connectivity index (χ4n) is 0.518. The van der Waals surface area contributed by atoms with Crippen molar-refractivity contribution in [2.24, 2.45) is 0 Å². The van der Waals surface area contributed by atoms with Gasteiger partial charge in [-0.25, -0.2) is 8.88 Å². The average Bonchev–Trinajstić information content (AvgIpc) is 2.31. The summed E-state index contributed by atoms with van der Waals surface area (Å²) in [6.07, 6.45) is 0. The van der Waals surface area contributed by atoms with Gasteiger partial charge in [-0.3, -0.25) is 9.46 Å². The van der Waals surface area contributed by atoms with Crippen molar-refractivity contribution in [1.82, 2.24) is 0 Å². The van der Waals surface area contributed by atoms with E-state index >= 15 is 0 Å². The molecule has 0 spiro atoms. The summed E-state index contributed by atoms with van der Waals surface area (Å²) < 4.78 is 39.9. The maximum Gasteiger partial charge on any atom is 0.705 e. The third kappa shape index (κ3) is 3.42. The number of hydrogen-bond donors (Lipinski definition) is 2. The van der Waals surface area contributed by atoms with Crippen LogP contribution in [0.4, 0.5) is 0 Å². The monoisotopic (exact) mass is 267 g/mol. The zero-order valence-electron chi connectivity index (χ0n) is 6.26. The number of hydrogen-bond acceptors (Lipinski definition) is 6. The second-order valence-corrected chi connectivity index (χ2v) is 10.1. The Balaban J connectivity index is 2.58. The summed E-state index contributed by atoms with van der Waals surface area (Å²) in [5.41, 5.74) is 0. The molecule has 1 saturated heterocycles. The van der Waals surface area contributed by atoms with Crippen LogP contribution in [0.5, 0.6) is 0 Å². The van der Waals surface area contributed by atoms with Crippen molar-refractivity contribution in [2.45, 2.75) is 11.9 Å². The molecule has 1 heterocycles. The topological polar surface area (TPSA) is 110 Å². The molecule has 0 radical (unpaired) electrons. The third-order valence-corrected chi connectivity index (χ3v) is 9.14. The predicted octanol–water partition coefficient (Wildman–Crippen LogP) is 2.06. The van der Waals surface area contributed by atoms with E-state index in [2.05, 4.69) is 8.62 Å². The van der Waals surface area contributed by atoms with E-state index in [0.717, 1.165) is 11.4 Å². The van der Waals surface area contributed by atoms with E-state index in [0.29, 0.717) is 0 Å². The Morgan fingerprint density at radius 2 is 2.15 bits per heavy atom. The maximum atomic E-state index is 11.2. The second-order valence-electron chi connectivity index (χ2n) is 2.11. The first kappa shape index (κ1) is 11.8. The highest BCUT2D eigenvalue weighted by Gasteiger charge is 2.56. The SMILES string of the molecule is C[C@H]1SP1(=O)OP(=O)(O)O[P+](=O)O. The molecule has 0 bridgehead atoms. The van der Waals surface area contributed by atoms with Crippen LogP contribution < -0.4 is 0 Å². The lowest BCUT2D eigenvalue weighted by atomic mass is 11.0. The molecule has 0 aromatic heterocycles. The molecule has 4 atom stereocenters. The van der Waals surface area contributed by atoms with Crippen LogP contribution in [0.15, 0.2) is 0 Å². The molecule has 0 aliphatic carbocycles. The highest BCUT2D eigenvalue weighted by Crippen LogP contribution is 2.89. The fourth-order valence-corrected chi connectivity index (χ4v) is 7.07. The molecule has 2 N–H and O–H groups in total. The fraction of sp³-hybridized carbons (Fsp3) is 1.00. The first-order valence-corrected chi connectivity index (χ1v) is 8.74. The van der Waals surface area contributed by atoms with Gasteiger partial charge in [0.2, 0.25) is 0 Å². The van der Waals surface area contributed by atoms with E-state index in [-0.39, 0.29) is 4.99 Å². The molecule has 0 amide bonds. The van der Waals surface area contributed by atoms with Gasteiger partial charge in [-0.2, -0.15) is 0 Å². The normalized spacial score (nSPS) is 38.1. The Labute approximate surface area is 78.6 Å². The molecule has 1 rings (SSSR count). The van der Waals surface area contributed by atoms with Gasteiger partial charge in [0.1, 0.15) is 0 Å². The Kier molecular flexibility index (Phi) is 3.38. The van der Waals surface area contributed by atoms with Crippen LogP contribution in [-0.4, -0.2) is 14.8 Å². The first-order valence-electron chi connectivity index (χ1n) is 2.93. The van der Waals surface area contributed by atoms with Gasteiger partial charge in [0, 0.05) is 4.57 Å². The number of phosphoric acid groups is 1. The van der Waals surface area contributed by atoms with E-state index in [1.807, 2.05) is 0 Å². The molecule has 13 heavy (non-hydrogen) atoms. The summed E-state index contributed by atoms with van der Waals surface area (Å²) in [5.74, 6) is 0. The Morgan fingerprint density at radius 3 is 2.46 bits per heavy atom. The molecule has 1 aliphatic heterocycles. The van der Waals surface area contributed by atoms with Crippen LogP contribution in [0.25, 0.3) is 0 Å². The lowest BCUT2D eigenvalue weighted by molar-refractivity contribution is 0.284. The molecule has 76 valence electrons. The highest BCUT2D eigenvalue weighted by molar-refractivity contribution is 8.72. The van der Waals surface area contributed by atoms with E-state index in [9.17, 15) is 13.7 Å². The summed E-state index contributed by atoms with van der Waals surface area (Å²) in [6, 6.07) is 0. The molecule has 3 unspecified atom stereocenters. The molecule has 0 aromatic carbocycles. The molecule has 0 saturated carbocycles. The van der Waals surface area contributed by atoms with Gasteiger partial charge in [-0.1, -0.05) is 11.4 Å². The molecular weight excluding hydrogens is 261 g/mol. The summed E-state index contributed by atoms with van der Waals surface area (Å²) in [7, 11) is -7.91. The van der Waals surface area contributed by atoms with Crippen LogP contribution in [0.3, 0.4) is 0 Å². The zero-order valence-corrected chi connectivity index (χ0v) is 9.76. The van der Waals surface area contributed by atoms with Gasteiger partial charge < -0.3 is 0 Å². The van der Waals surface area contributed by atoms with Crippen LogP contribution in [0, 0.1) is 0 Å². The lowest BCUT2D eigenvalue weighted by Crippen LogP contribution is -1.83. The van der Waals surface area contributed by atoms with Crippen molar-refractivity contribution in [3.8, 4) is 0 Å². The first-order chi connectivity index (χ1) is 5.75. The van der Waals surface area contributed by atoms with Gasteiger partial charge in [0.05, 0.1) is 4.99 Å². The third-order valence-electron chi connectivity index (χ3n) is 1.09. The summed E-state index contributed by atoms with van der Waals surface area (Å²) in [6.45, 7) is -1.60. The molecule has 11 heteroatoms. The van der Waals surface area contributed by atoms with Crippen LogP contribution >= 0.6 is 34.0 Å². The minimum absolute atomic E-state index is 0.367. The minimum atomic E-state index is -4.66. The standard InChI is InChI=1S/C2H5O7P3S/c1-2-11(5,13-2)9-12(6,7)8-10(3)4/h2H,1H3,(H-,3,4,6,7)/p+1/t2-,11?/m1/s1. The summed E-state index contributed by atoms with van der Waals surface area (Å²) in [4.78, 5) is 16.5. The molecule has 0 aromatic rings. The van der Waals surface area contributed by atoms with Gasteiger partial charge >= 0.3 is 16.1 Å². The van der Waals surface area contributed by atoms with Crippen LogP contribution in [0.1, 0.15) is 6.92 Å². The van der Waals surface area contributed by atoms with E-state index < -0.39 is 22.6 Å². The Hall–Kier alpha value is 0.750. The van der Waals surface area contributed by atoms with Crippen molar-refractivity contribution in [2.75, 3.05) is 0 Å². The van der Waals surface area contributed by atoms with Crippen LogP contribution in [-0.2, 0) is 22.3 Å². The van der Waals surface area contributed by atoms with Crippen molar-refractivity contribution in [3.63, 3.8) is 0 Å². The molecule has 1 fully saturated rings. The highest BCUT2D eigenvalue weighted by atomic mass is 32.8. The summed E-state index contributed by atoms with van der Waals surface area (Å²) >= 11 is 0.892. The van der Waals surface area contributed by atoms with E-state index in [1.54, 1.807) is 6.92 Å². The van der Waals surface area contributed by atoms with Gasteiger partial charge in [-0.15, -0.1) is 4.89 Å². The zero-order chi connectivity index (χ0) is 10.3. The lowest BCUT2D eigenvalue weighted by Gasteiger charge is -2.01. The van der Waals surface area contributed by atoms with Gasteiger partial charge in [0.25, 0.3) is 6.57 Å². The second kappa shape index (κ2) is 3.72. The number of rotatable bonds is 4. The van der Waals surface area contributed by atoms with E-state index in [4.69, 9.17) is 9.79 Å². The molecule has 1 aliphatic rings. The van der Waals surface area contributed by atoms with Gasteiger partial charge in [0.15, 0.2) is 0 Å². The Morgan fingerprint density at radius 1 is 1.69 bits per heavy atom. The van der Waals surface area contributed by atoms with Crippen molar-refractivity contribution in [1.29, 1.82) is 0 Å². The van der Waals surface area contributed by atoms with Crippen molar-refractivity contribution >= 4 is 34.0 Å². The quantitative estimate of drug-likeness (QED) is 0.588. The van der Waals surface area contributed by atoms with Crippen molar-refractivity contribution < 1.29 is 32.1 Å². The smallest absolute Gasteiger partial charge is 0.300 e. The minimum Gasteiger partial charge on any atom is -0.300 e. The molecular formula is C2H6O7P3S+. The molecule has 7 nitrogen and oxygen atoms in total. The largest absolute Gasteiger partial charge is 0.705 e. The summed E-state index contributed by atoms with van der Waals surface area (Å²) in [5, 5.41) is 0. The average molecular weight is 267 g/mol. The predicted molar refractivity (Wildman–Crippen MR) is 46.5 cm³/mol. The van der Waals surface area contributed by atoms with E-state index in [1.165, 1.54) is 0 Å². The van der Waals surface area contributed by atoms with Gasteiger partial charge in [-0.05, 0) is 11.2 Å². The Bertz CT molecular complexity index is 326. The van der Waals surface area contributed by atoms with Crippen molar-refractivity contribution in [3.05, 3.63) is 0 Å².